The fourth-order valence-corrected chi connectivity index (χ4v) is 2.37. The van der Waals surface area contributed by atoms with E-state index in [1.165, 1.54) is 0 Å². The van der Waals surface area contributed by atoms with Crippen molar-refractivity contribution in [1.82, 2.24) is 13.6 Å². The van der Waals surface area contributed by atoms with Crippen LogP contribution in [0.2, 0.25) is 5.15 Å². The number of hydrogen-bond acceptors (Lipinski definition) is 5. The highest BCUT2D eigenvalue weighted by molar-refractivity contribution is 6.99. The summed E-state index contributed by atoms with van der Waals surface area (Å²) in [6, 6.07) is 0. The molecule has 0 N–H and O–H groups in total. The third-order valence-electron chi connectivity index (χ3n) is 2.46. The van der Waals surface area contributed by atoms with Gasteiger partial charge in [-0.1, -0.05) is 11.6 Å². The van der Waals surface area contributed by atoms with Crippen molar-refractivity contribution in [3.63, 3.8) is 0 Å². The molecule has 1 saturated heterocycles. The summed E-state index contributed by atoms with van der Waals surface area (Å²) < 4.78 is 8.05. The smallest absolute Gasteiger partial charge is 0.219 e. The van der Waals surface area contributed by atoms with E-state index >= 15 is 0 Å². The Balaban J connectivity index is 2.00. The van der Waals surface area contributed by atoms with Crippen LogP contribution >= 0.6 is 23.3 Å². The Kier molecular flexibility index (Phi) is 3.06. The van der Waals surface area contributed by atoms with E-state index in [0.717, 1.165) is 43.7 Å². The maximum Gasteiger partial charge on any atom is 0.219 e. The molecule has 1 aliphatic rings. The molecule has 1 fully saturated rings. The van der Waals surface area contributed by atoms with Crippen molar-refractivity contribution in [3.05, 3.63) is 5.15 Å². The molecule has 1 aromatic heterocycles. The van der Waals surface area contributed by atoms with Gasteiger partial charge in [-0.3, -0.25) is 4.79 Å². The Morgan fingerprint density at radius 3 is 2.47 bits per heavy atom. The predicted octanol–water partition coefficient (Wildman–Crippen LogP) is 0.860. The van der Waals surface area contributed by atoms with Gasteiger partial charge in [0, 0.05) is 33.1 Å². The quantitative estimate of drug-likeness (QED) is 0.738. The summed E-state index contributed by atoms with van der Waals surface area (Å²) in [6.07, 6.45) is 0. The van der Waals surface area contributed by atoms with Crippen molar-refractivity contribution in [3.8, 4) is 0 Å². The van der Waals surface area contributed by atoms with Gasteiger partial charge in [-0.25, -0.2) is 0 Å². The van der Waals surface area contributed by atoms with E-state index in [4.69, 9.17) is 11.6 Å². The van der Waals surface area contributed by atoms with Crippen molar-refractivity contribution in [2.24, 2.45) is 0 Å². The van der Waals surface area contributed by atoms with Crippen molar-refractivity contribution < 1.29 is 4.79 Å². The monoisotopic (exact) mass is 246 g/mol. The summed E-state index contributed by atoms with van der Waals surface area (Å²) in [5.74, 6) is 0.863. The lowest BCUT2D eigenvalue weighted by Crippen LogP contribution is -2.48. The minimum Gasteiger partial charge on any atom is -0.350 e. The van der Waals surface area contributed by atoms with Crippen LogP contribution in [0.4, 0.5) is 5.82 Å². The van der Waals surface area contributed by atoms with Gasteiger partial charge in [-0.15, -0.1) is 0 Å². The standard InChI is InChI=1S/C8H11ClN4OS/c1-6(14)12-2-4-13(5-3-12)8-7(9)10-15-11-8/h2-5H2,1H3. The van der Waals surface area contributed by atoms with Gasteiger partial charge in [0.1, 0.15) is 0 Å². The van der Waals surface area contributed by atoms with Gasteiger partial charge in [0.25, 0.3) is 0 Å². The van der Waals surface area contributed by atoms with Gasteiger partial charge in [0.15, 0.2) is 11.0 Å². The molecule has 0 spiro atoms. The molecule has 5 nitrogen and oxygen atoms in total. The molecular weight excluding hydrogens is 236 g/mol. The van der Waals surface area contributed by atoms with Crippen LogP contribution in [-0.2, 0) is 4.79 Å². The summed E-state index contributed by atoms with van der Waals surface area (Å²) in [6.45, 7) is 4.58. The number of halogens is 1. The van der Waals surface area contributed by atoms with E-state index in [1.807, 2.05) is 4.90 Å². The van der Waals surface area contributed by atoms with E-state index in [0.29, 0.717) is 5.15 Å². The first-order chi connectivity index (χ1) is 7.18. The second kappa shape index (κ2) is 4.32. The fourth-order valence-electron chi connectivity index (χ4n) is 1.59. The molecule has 2 rings (SSSR count). The SMILES string of the molecule is CC(=O)N1CCN(c2nsnc2Cl)CC1. The number of rotatable bonds is 1. The van der Waals surface area contributed by atoms with E-state index in [9.17, 15) is 4.79 Å². The van der Waals surface area contributed by atoms with Crippen LogP contribution < -0.4 is 4.90 Å². The highest BCUT2D eigenvalue weighted by Gasteiger charge is 2.22. The zero-order chi connectivity index (χ0) is 10.8. The molecular formula is C8H11ClN4OS. The van der Waals surface area contributed by atoms with Crippen LogP contribution in [0, 0.1) is 0 Å². The van der Waals surface area contributed by atoms with E-state index in [2.05, 4.69) is 13.6 Å². The molecule has 7 heteroatoms. The van der Waals surface area contributed by atoms with Gasteiger partial charge in [-0.2, -0.15) is 8.75 Å². The van der Waals surface area contributed by atoms with Gasteiger partial charge in [0.2, 0.25) is 5.91 Å². The minimum atomic E-state index is 0.122. The maximum atomic E-state index is 11.1. The minimum absolute atomic E-state index is 0.122. The molecule has 0 saturated carbocycles. The Bertz CT molecular complexity index is 361. The molecule has 0 radical (unpaired) electrons. The fraction of sp³-hybridized carbons (Fsp3) is 0.625. The molecule has 1 amide bonds. The van der Waals surface area contributed by atoms with Crippen molar-refractivity contribution in [2.45, 2.75) is 6.92 Å². The third kappa shape index (κ3) is 2.21. The number of anilines is 1. The Morgan fingerprint density at radius 2 is 2.00 bits per heavy atom. The average Bonchev–Trinajstić information content (AvgIpc) is 2.65. The van der Waals surface area contributed by atoms with Gasteiger partial charge < -0.3 is 9.80 Å². The normalized spacial score (nSPS) is 16.9. The number of nitrogens with zero attached hydrogens (tertiary/aromatic N) is 4. The number of piperazine rings is 1. The molecule has 1 aliphatic heterocycles. The molecule has 2 heterocycles. The summed E-state index contributed by atoms with van der Waals surface area (Å²) >= 11 is 7.00. The summed E-state index contributed by atoms with van der Waals surface area (Å²) in [7, 11) is 0. The van der Waals surface area contributed by atoms with Crippen molar-refractivity contribution in [2.75, 3.05) is 31.1 Å². The van der Waals surface area contributed by atoms with Crippen LogP contribution in [0.3, 0.4) is 0 Å². The lowest BCUT2D eigenvalue weighted by molar-refractivity contribution is -0.129. The summed E-state index contributed by atoms with van der Waals surface area (Å²) in [5, 5.41) is 0.455. The summed E-state index contributed by atoms with van der Waals surface area (Å²) in [5.41, 5.74) is 0. The van der Waals surface area contributed by atoms with Crippen LogP contribution in [0.5, 0.6) is 0 Å². The lowest BCUT2D eigenvalue weighted by Gasteiger charge is -2.34. The third-order valence-corrected chi connectivity index (χ3v) is 3.33. The van der Waals surface area contributed by atoms with Gasteiger partial charge in [0.05, 0.1) is 11.7 Å². The number of carbonyl (C=O) groups excluding carboxylic acids is 1. The first kappa shape index (κ1) is 10.6. The first-order valence-corrected chi connectivity index (χ1v) is 5.78. The topological polar surface area (TPSA) is 49.3 Å². The maximum absolute atomic E-state index is 11.1. The number of amides is 1. The first-order valence-electron chi connectivity index (χ1n) is 4.67. The second-order valence-corrected chi connectivity index (χ2v) is 4.26. The molecule has 0 atom stereocenters. The van der Waals surface area contributed by atoms with Gasteiger partial charge >= 0.3 is 0 Å². The molecule has 82 valence electrons. The van der Waals surface area contributed by atoms with E-state index in [-0.39, 0.29) is 5.91 Å². The highest BCUT2D eigenvalue weighted by atomic mass is 35.5. The lowest BCUT2D eigenvalue weighted by atomic mass is 10.3. The average molecular weight is 247 g/mol. The number of hydrogen-bond donors (Lipinski definition) is 0. The molecule has 0 bridgehead atoms. The van der Waals surface area contributed by atoms with Crippen LogP contribution in [0.25, 0.3) is 0 Å². The van der Waals surface area contributed by atoms with E-state index in [1.54, 1.807) is 6.92 Å². The summed E-state index contributed by atoms with van der Waals surface area (Å²) in [4.78, 5) is 15.0. The number of aromatic nitrogens is 2. The Labute approximate surface area is 97.0 Å². The molecule has 1 aromatic rings. The zero-order valence-electron chi connectivity index (χ0n) is 8.31. The van der Waals surface area contributed by atoms with Crippen LogP contribution in [0.15, 0.2) is 0 Å². The van der Waals surface area contributed by atoms with Crippen LogP contribution in [-0.4, -0.2) is 45.7 Å². The zero-order valence-corrected chi connectivity index (χ0v) is 9.88. The largest absolute Gasteiger partial charge is 0.350 e. The molecule has 0 aliphatic carbocycles. The van der Waals surface area contributed by atoms with Gasteiger partial charge in [-0.05, 0) is 0 Å². The highest BCUT2D eigenvalue weighted by Crippen LogP contribution is 2.23. The molecule has 15 heavy (non-hydrogen) atoms. The van der Waals surface area contributed by atoms with Crippen molar-refractivity contribution in [1.29, 1.82) is 0 Å². The Morgan fingerprint density at radius 1 is 1.33 bits per heavy atom. The predicted molar refractivity (Wildman–Crippen MR) is 59.4 cm³/mol. The Hall–Kier alpha value is -0.880. The molecule has 0 unspecified atom stereocenters. The van der Waals surface area contributed by atoms with E-state index < -0.39 is 0 Å². The van der Waals surface area contributed by atoms with Crippen LogP contribution in [0.1, 0.15) is 6.92 Å². The van der Waals surface area contributed by atoms with Crippen molar-refractivity contribution >= 4 is 35.1 Å². The molecule has 0 aromatic carbocycles. The number of carbonyl (C=O) groups is 1. The second-order valence-electron chi connectivity index (χ2n) is 3.37.